The van der Waals surface area contributed by atoms with Gasteiger partial charge in [-0.05, 0) is 43.6 Å². The van der Waals surface area contributed by atoms with Crippen LogP contribution in [-0.2, 0) is 44.8 Å². The molecule has 1 rings (SSSR count). The first kappa shape index (κ1) is 46.9. The molecule has 0 heterocycles. The molecule has 1 aromatic rings. The van der Waals surface area contributed by atoms with Gasteiger partial charge in [-0.3, -0.25) is 33.6 Å². The van der Waals surface area contributed by atoms with E-state index in [4.69, 9.17) is 11.5 Å². The minimum absolute atomic E-state index is 0.0493. The number of nitrogens with two attached hydrogens (primary N) is 2. The van der Waals surface area contributed by atoms with Gasteiger partial charge >= 0.3 is 11.9 Å². The number of carbonyl (C=O) groups excluding carboxylic acids is 6. The third kappa shape index (κ3) is 17.2. The van der Waals surface area contributed by atoms with Crippen LogP contribution in [0.25, 0.3) is 0 Å². The summed E-state index contributed by atoms with van der Waals surface area (Å²) in [7, 11) is 0. The Hall–Kier alpha value is -5.10. The molecule has 1 unspecified atom stereocenters. The van der Waals surface area contributed by atoms with Gasteiger partial charge in [-0.2, -0.15) is 0 Å². The van der Waals surface area contributed by atoms with E-state index in [0.717, 1.165) is 0 Å². The maximum absolute atomic E-state index is 13.2. The Morgan fingerprint density at radius 3 is 1.76 bits per heavy atom. The second kappa shape index (κ2) is 22.9. The lowest BCUT2D eigenvalue weighted by molar-refractivity contribution is -0.143. The van der Waals surface area contributed by atoms with Crippen LogP contribution in [0, 0.1) is 17.8 Å². The Bertz CT molecular complexity index is 1460. The summed E-state index contributed by atoms with van der Waals surface area (Å²) < 4.78 is 0. The SMILES string of the molecule is CC(C)C[C@H](NC(=O)[C@H](CC(N)=O)NC(=O)[C@@H](N)C(C)C)C(O)C[C@@H](C)C(=O)N[C@@H](C)C(=O)N[C@@H](CCC(=O)O)C(=O)N[C@@H](Cc1ccccc1)C(=O)O. The van der Waals surface area contributed by atoms with Gasteiger partial charge in [0, 0.05) is 18.8 Å². The standard InChI is InChI=1S/C36H57N7O11/c1-18(2)14-24(41-34(51)25(17-28(37)45)42-35(52)30(38)19(3)4)27(44)15-20(5)31(48)39-21(6)32(49)40-23(12-13-29(46)47)33(50)43-26(36(53)54)16-22-10-8-7-9-11-22/h7-11,18-21,23-27,30,44H,12-17,38H2,1-6H3,(H2,37,45)(H,39,48)(H,40,49)(H,41,51)(H,42,52)(H,43,50)(H,46,47)(H,53,54)/t20-,21+,23+,24+,25+,26+,27?,30+/m1/s1. The molecule has 6 amide bonds. The van der Waals surface area contributed by atoms with Gasteiger partial charge in [0.15, 0.2) is 0 Å². The molecule has 0 spiro atoms. The van der Waals surface area contributed by atoms with Gasteiger partial charge < -0.3 is 53.4 Å². The molecule has 18 nitrogen and oxygen atoms in total. The summed E-state index contributed by atoms with van der Waals surface area (Å²) in [6.07, 6.45) is -2.74. The number of hydrogen-bond acceptors (Lipinski definition) is 10. The van der Waals surface area contributed by atoms with Crippen LogP contribution in [0.1, 0.15) is 79.2 Å². The number of hydrogen-bond donors (Lipinski definition) is 10. The molecule has 18 heteroatoms. The molecule has 12 N–H and O–H groups in total. The highest BCUT2D eigenvalue weighted by atomic mass is 16.4. The molecule has 0 radical (unpaired) electrons. The Balaban J connectivity index is 2.99. The summed E-state index contributed by atoms with van der Waals surface area (Å²) in [5.41, 5.74) is 11.8. The van der Waals surface area contributed by atoms with Crippen LogP contribution >= 0.6 is 0 Å². The number of rotatable bonds is 24. The van der Waals surface area contributed by atoms with Crippen molar-refractivity contribution in [2.45, 2.75) is 122 Å². The summed E-state index contributed by atoms with van der Waals surface area (Å²) in [5.74, 6) is -8.62. The Morgan fingerprint density at radius 2 is 1.24 bits per heavy atom. The lowest BCUT2D eigenvalue weighted by atomic mass is 9.92. The largest absolute Gasteiger partial charge is 0.481 e. The third-order valence-electron chi connectivity index (χ3n) is 8.55. The average molecular weight is 764 g/mol. The number of carboxylic acids is 2. The molecular formula is C36H57N7O11. The summed E-state index contributed by atoms with van der Waals surface area (Å²) in [5, 5.41) is 42.3. The average Bonchev–Trinajstić information content (AvgIpc) is 3.08. The molecule has 8 atom stereocenters. The number of carbonyl (C=O) groups is 8. The lowest BCUT2D eigenvalue weighted by Gasteiger charge is -2.30. The van der Waals surface area contributed by atoms with Gasteiger partial charge in [0.2, 0.25) is 35.4 Å². The highest BCUT2D eigenvalue weighted by Gasteiger charge is 2.33. The molecule has 0 saturated heterocycles. The van der Waals surface area contributed by atoms with E-state index < -0.39 is 108 Å². The Morgan fingerprint density at radius 1 is 0.685 bits per heavy atom. The first-order chi connectivity index (χ1) is 25.1. The molecule has 0 saturated carbocycles. The molecular weight excluding hydrogens is 706 g/mol. The fourth-order valence-electron chi connectivity index (χ4n) is 5.29. The van der Waals surface area contributed by atoms with E-state index in [1.54, 1.807) is 44.2 Å². The normalized spacial score (nSPS) is 15.7. The van der Waals surface area contributed by atoms with Crippen molar-refractivity contribution in [3.05, 3.63) is 35.9 Å². The second-order valence-electron chi connectivity index (χ2n) is 14.3. The zero-order valence-corrected chi connectivity index (χ0v) is 31.7. The number of aliphatic carboxylic acids is 2. The maximum Gasteiger partial charge on any atom is 0.326 e. The number of nitrogens with one attached hydrogen (secondary N) is 5. The maximum atomic E-state index is 13.2. The van der Waals surface area contributed by atoms with E-state index in [-0.39, 0.29) is 37.5 Å². The van der Waals surface area contributed by atoms with Crippen molar-refractivity contribution in [2.75, 3.05) is 0 Å². The Kier molecular flexibility index (Phi) is 19.9. The van der Waals surface area contributed by atoms with Crippen molar-refractivity contribution in [3.63, 3.8) is 0 Å². The molecule has 0 aliphatic carbocycles. The lowest BCUT2D eigenvalue weighted by Crippen LogP contribution is -2.57. The number of aliphatic hydroxyl groups is 1. The van der Waals surface area contributed by atoms with Crippen molar-refractivity contribution in [1.82, 2.24) is 26.6 Å². The van der Waals surface area contributed by atoms with Gasteiger partial charge in [-0.25, -0.2) is 4.79 Å². The van der Waals surface area contributed by atoms with Crippen molar-refractivity contribution in [2.24, 2.45) is 29.2 Å². The van der Waals surface area contributed by atoms with E-state index >= 15 is 0 Å². The third-order valence-corrected chi connectivity index (χ3v) is 8.55. The monoisotopic (exact) mass is 763 g/mol. The second-order valence-corrected chi connectivity index (χ2v) is 14.3. The Labute approximate surface area is 314 Å². The van der Waals surface area contributed by atoms with E-state index in [0.29, 0.717) is 5.56 Å². The quantitative estimate of drug-likeness (QED) is 0.0601. The van der Waals surface area contributed by atoms with Crippen LogP contribution in [0.5, 0.6) is 0 Å². The molecule has 0 aromatic heterocycles. The first-order valence-corrected chi connectivity index (χ1v) is 17.8. The number of aliphatic hydroxyl groups excluding tert-OH is 1. The number of amides is 6. The van der Waals surface area contributed by atoms with Gasteiger partial charge in [0.1, 0.15) is 24.2 Å². The first-order valence-electron chi connectivity index (χ1n) is 17.8. The highest BCUT2D eigenvalue weighted by molar-refractivity contribution is 5.94. The number of primary amides is 1. The van der Waals surface area contributed by atoms with Crippen LogP contribution in [0.4, 0.5) is 0 Å². The highest BCUT2D eigenvalue weighted by Crippen LogP contribution is 2.17. The fourth-order valence-corrected chi connectivity index (χ4v) is 5.29. The molecule has 0 bridgehead atoms. The van der Waals surface area contributed by atoms with Crippen LogP contribution in [-0.4, -0.2) is 105 Å². The van der Waals surface area contributed by atoms with Crippen molar-refractivity contribution in [1.29, 1.82) is 0 Å². The molecule has 302 valence electrons. The molecule has 1 aromatic carbocycles. The number of carboxylic acid groups (broad SMARTS) is 2. The van der Waals surface area contributed by atoms with Crippen LogP contribution in [0.3, 0.4) is 0 Å². The van der Waals surface area contributed by atoms with Gasteiger partial charge in [0.05, 0.1) is 24.6 Å². The van der Waals surface area contributed by atoms with E-state index in [2.05, 4.69) is 26.6 Å². The molecule has 0 fully saturated rings. The van der Waals surface area contributed by atoms with E-state index in [1.807, 2.05) is 13.8 Å². The van der Waals surface area contributed by atoms with Crippen LogP contribution in [0.15, 0.2) is 30.3 Å². The molecule has 0 aliphatic rings. The zero-order chi connectivity index (χ0) is 41.3. The summed E-state index contributed by atoms with van der Waals surface area (Å²) in [4.78, 5) is 100. The minimum Gasteiger partial charge on any atom is -0.481 e. The predicted octanol–water partition coefficient (Wildman–Crippen LogP) is -1.09. The van der Waals surface area contributed by atoms with Gasteiger partial charge in [0.25, 0.3) is 0 Å². The van der Waals surface area contributed by atoms with Crippen LogP contribution < -0.4 is 38.1 Å². The van der Waals surface area contributed by atoms with Crippen LogP contribution in [0.2, 0.25) is 0 Å². The zero-order valence-electron chi connectivity index (χ0n) is 31.7. The molecule has 0 aliphatic heterocycles. The topological polar surface area (TPSA) is 309 Å². The summed E-state index contributed by atoms with van der Waals surface area (Å²) >= 11 is 0. The summed E-state index contributed by atoms with van der Waals surface area (Å²) in [6, 6.07) is 1.14. The van der Waals surface area contributed by atoms with E-state index in [9.17, 15) is 53.7 Å². The van der Waals surface area contributed by atoms with Crippen molar-refractivity contribution >= 4 is 47.4 Å². The molecule has 54 heavy (non-hydrogen) atoms. The minimum atomic E-state index is -1.45. The number of benzene rings is 1. The predicted molar refractivity (Wildman–Crippen MR) is 196 cm³/mol. The summed E-state index contributed by atoms with van der Waals surface area (Å²) in [6.45, 7) is 9.87. The fraction of sp³-hybridized carbons (Fsp3) is 0.611. The van der Waals surface area contributed by atoms with Crippen molar-refractivity contribution < 1.29 is 53.7 Å². The van der Waals surface area contributed by atoms with Gasteiger partial charge in [-0.1, -0.05) is 65.0 Å². The smallest absolute Gasteiger partial charge is 0.326 e. The van der Waals surface area contributed by atoms with Gasteiger partial charge in [-0.15, -0.1) is 0 Å². The van der Waals surface area contributed by atoms with Crippen molar-refractivity contribution in [3.8, 4) is 0 Å². The van der Waals surface area contributed by atoms with E-state index in [1.165, 1.54) is 13.8 Å².